The second-order valence-electron chi connectivity index (χ2n) is 6.20. The molecule has 1 aliphatic rings. The van der Waals surface area contributed by atoms with E-state index in [2.05, 4.69) is 23.1 Å². The predicted molar refractivity (Wildman–Crippen MR) is 96.2 cm³/mol. The van der Waals surface area contributed by atoms with Crippen molar-refractivity contribution in [2.24, 2.45) is 0 Å². The van der Waals surface area contributed by atoms with Crippen molar-refractivity contribution in [2.45, 2.75) is 31.6 Å². The van der Waals surface area contributed by atoms with Crippen LogP contribution in [0.2, 0.25) is 5.02 Å². The van der Waals surface area contributed by atoms with E-state index in [-0.39, 0.29) is 6.10 Å². The van der Waals surface area contributed by atoms with E-state index in [4.69, 9.17) is 16.3 Å². The molecule has 2 unspecified atom stereocenters. The molecule has 0 radical (unpaired) electrons. The molecular weight excluding hydrogens is 322 g/mol. The zero-order valence-corrected chi connectivity index (χ0v) is 14.4. The lowest BCUT2D eigenvalue weighted by atomic mass is 10.1. The fourth-order valence-corrected chi connectivity index (χ4v) is 3.41. The minimum atomic E-state index is -0.418. The van der Waals surface area contributed by atoms with E-state index < -0.39 is 6.23 Å². The Hall–Kier alpha value is -1.68. The van der Waals surface area contributed by atoms with Gasteiger partial charge in [0.25, 0.3) is 0 Å². The summed E-state index contributed by atoms with van der Waals surface area (Å²) in [5.74, 6) is 0. The molecule has 2 aromatic rings. The molecule has 1 heterocycles. The SMILES string of the molecule is O=CC1OC(Cc2ccccc2)CN1CCCc1cccc(Cl)c1. The molecule has 0 bridgehead atoms. The number of rotatable bonds is 7. The molecule has 0 aliphatic carbocycles. The molecule has 126 valence electrons. The molecule has 0 amide bonds. The molecule has 0 spiro atoms. The average molecular weight is 344 g/mol. The van der Waals surface area contributed by atoms with Crippen LogP contribution in [-0.2, 0) is 22.4 Å². The molecule has 4 heteroatoms. The van der Waals surface area contributed by atoms with Crippen molar-refractivity contribution < 1.29 is 9.53 Å². The van der Waals surface area contributed by atoms with E-state index in [1.807, 2.05) is 36.4 Å². The minimum absolute atomic E-state index is 0.0776. The van der Waals surface area contributed by atoms with Crippen LogP contribution >= 0.6 is 11.6 Å². The van der Waals surface area contributed by atoms with E-state index in [0.717, 1.165) is 43.7 Å². The van der Waals surface area contributed by atoms with Crippen LogP contribution in [0.25, 0.3) is 0 Å². The van der Waals surface area contributed by atoms with Gasteiger partial charge in [0.1, 0.15) is 0 Å². The lowest BCUT2D eigenvalue weighted by Crippen LogP contribution is -2.32. The monoisotopic (exact) mass is 343 g/mol. The maximum atomic E-state index is 11.3. The second kappa shape index (κ2) is 8.43. The summed E-state index contributed by atoms with van der Waals surface area (Å²) in [5, 5.41) is 0.769. The van der Waals surface area contributed by atoms with Gasteiger partial charge in [0.15, 0.2) is 12.5 Å². The van der Waals surface area contributed by atoms with Gasteiger partial charge in [-0.3, -0.25) is 9.69 Å². The van der Waals surface area contributed by atoms with Crippen molar-refractivity contribution in [3.05, 3.63) is 70.7 Å². The zero-order chi connectivity index (χ0) is 16.8. The number of carbonyl (C=O) groups is 1. The van der Waals surface area contributed by atoms with Crippen LogP contribution in [0.1, 0.15) is 17.5 Å². The second-order valence-corrected chi connectivity index (χ2v) is 6.64. The van der Waals surface area contributed by atoms with Gasteiger partial charge in [0.05, 0.1) is 6.10 Å². The topological polar surface area (TPSA) is 29.5 Å². The van der Waals surface area contributed by atoms with Crippen LogP contribution < -0.4 is 0 Å². The first-order valence-electron chi connectivity index (χ1n) is 8.38. The Kier molecular flexibility index (Phi) is 6.02. The number of aldehydes is 1. The fraction of sp³-hybridized carbons (Fsp3) is 0.350. The maximum Gasteiger partial charge on any atom is 0.167 e. The van der Waals surface area contributed by atoms with Gasteiger partial charge < -0.3 is 4.74 Å². The maximum absolute atomic E-state index is 11.3. The van der Waals surface area contributed by atoms with Crippen LogP contribution in [-0.4, -0.2) is 36.6 Å². The van der Waals surface area contributed by atoms with Crippen LogP contribution in [0.15, 0.2) is 54.6 Å². The van der Waals surface area contributed by atoms with Gasteiger partial charge in [0.2, 0.25) is 0 Å². The molecule has 0 N–H and O–H groups in total. The normalized spacial score (nSPS) is 21.0. The smallest absolute Gasteiger partial charge is 0.167 e. The first kappa shape index (κ1) is 17.2. The Morgan fingerprint density at radius 2 is 1.92 bits per heavy atom. The fourth-order valence-electron chi connectivity index (χ4n) is 3.20. The molecular formula is C20H22ClNO2. The third-order valence-corrected chi connectivity index (χ3v) is 4.59. The van der Waals surface area contributed by atoms with Crippen molar-refractivity contribution in [1.29, 1.82) is 0 Å². The third-order valence-electron chi connectivity index (χ3n) is 4.35. The van der Waals surface area contributed by atoms with Crippen LogP contribution in [0.4, 0.5) is 0 Å². The first-order valence-corrected chi connectivity index (χ1v) is 8.75. The van der Waals surface area contributed by atoms with Crippen molar-refractivity contribution >= 4 is 17.9 Å². The molecule has 2 aromatic carbocycles. The highest BCUT2D eigenvalue weighted by Gasteiger charge is 2.31. The van der Waals surface area contributed by atoms with Gasteiger partial charge >= 0.3 is 0 Å². The molecule has 2 atom stereocenters. The van der Waals surface area contributed by atoms with Gasteiger partial charge in [-0.25, -0.2) is 0 Å². The molecule has 1 saturated heterocycles. The Balaban J connectivity index is 1.50. The Bertz CT molecular complexity index is 662. The van der Waals surface area contributed by atoms with Crippen molar-refractivity contribution in [3.63, 3.8) is 0 Å². The Morgan fingerprint density at radius 3 is 2.67 bits per heavy atom. The molecule has 3 nitrogen and oxygen atoms in total. The van der Waals surface area contributed by atoms with E-state index in [1.54, 1.807) is 0 Å². The number of hydrogen-bond donors (Lipinski definition) is 0. The van der Waals surface area contributed by atoms with Crippen molar-refractivity contribution in [1.82, 2.24) is 4.90 Å². The highest BCUT2D eigenvalue weighted by molar-refractivity contribution is 6.30. The summed E-state index contributed by atoms with van der Waals surface area (Å²) < 4.78 is 5.89. The molecule has 3 rings (SSSR count). The van der Waals surface area contributed by atoms with Gasteiger partial charge in [0, 0.05) is 18.1 Å². The van der Waals surface area contributed by atoms with Crippen molar-refractivity contribution in [3.8, 4) is 0 Å². The lowest BCUT2D eigenvalue weighted by molar-refractivity contribution is -0.123. The first-order chi connectivity index (χ1) is 11.7. The number of benzene rings is 2. The molecule has 1 aliphatic heterocycles. The summed E-state index contributed by atoms with van der Waals surface area (Å²) >= 11 is 6.02. The summed E-state index contributed by atoms with van der Waals surface area (Å²) in [6.45, 7) is 1.65. The average Bonchev–Trinajstić information content (AvgIpc) is 2.97. The van der Waals surface area contributed by atoms with E-state index in [1.165, 1.54) is 11.1 Å². The molecule has 0 aromatic heterocycles. The quantitative estimate of drug-likeness (QED) is 0.717. The Morgan fingerprint density at radius 1 is 1.12 bits per heavy atom. The predicted octanol–water partition coefficient (Wildman–Crippen LogP) is 3.74. The molecule has 0 saturated carbocycles. The number of nitrogens with zero attached hydrogens (tertiary/aromatic N) is 1. The van der Waals surface area contributed by atoms with Crippen molar-refractivity contribution in [2.75, 3.05) is 13.1 Å². The number of aryl methyl sites for hydroxylation is 1. The highest BCUT2D eigenvalue weighted by Crippen LogP contribution is 2.20. The van der Waals surface area contributed by atoms with Gasteiger partial charge in [-0.05, 0) is 42.5 Å². The largest absolute Gasteiger partial charge is 0.351 e. The standard InChI is InChI=1S/C20H22ClNO2/c21-18-10-4-8-16(12-18)9-5-11-22-14-19(24-20(22)15-23)13-17-6-2-1-3-7-17/h1-4,6-8,10,12,15,19-20H,5,9,11,13-14H2. The summed E-state index contributed by atoms with van der Waals surface area (Å²) in [4.78, 5) is 13.4. The molecule has 24 heavy (non-hydrogen) atoms. The van der Waals surface area contributed by atoms with Crippen LogP contribution in [0.3, 0.4) is 0 Å². The van der Waals surface area contributed by atoms with Crippen LogP contribution in [0, 0.1) is 0 Å². The number of ether oxygens (including phenoxy) is 1. The van der Waals surface area contributed by atoms with Gasteiger partial charge in [-0.1, -0.05) is 54.1 Å². The van der Waals surface area contributed by atoms with Crippen LogP contribution in [0.5, 0.6) is 0 Å². The van der Waals surface area contributed by atoms with E-state index >= 15 is 0 Å². The van der Waals surface area contributed by atoms with Gasteiger partial charge in [-0.15, -0.1) is 0 Å². The van der Waals surface area contributed by atoms with E-state index in [0.29, 0.717) is 0 Å². The van der Waals surface area contributed by atoms with Gasteiger partial charge in [-0.2, -0.15) is 0 Å². The Labute approximate surface area is 148 Å². The molecule has 1 fully saturated rings. The number of halogens is 1. The van der Waals surface area contributed by atoms with E-state index in [9.17, 15) is 4.79 Å². The summed E-state index contributed by atoms with van der Waals surface area (Å²) in [6, 6.07) is 18.2. The number of hydrogen-bond acceptors (Lipinski definition) is 3. The minimum Gasteiger partial charge on any atom is -0.351 e. The summed E-state index contributed by atoms with van der Waals surface area (Å²) in [7, 11) is 0. The highest BCUT2D eigenvalue weighted by atomic mass is 35.5. The third kappa shape index (κ3) is 4.67. The number of carbonyl (C=O) groups excluding carboxylic acids is 1. The lowest BCUT2D eigenvalue weighted by Gasteiger charge is -2.17. The summed E-state index contributed by atoms with van der Waals surface area (Å²) in [5.41, 5.74) is 2.47. The zero-order valence-electron chi connectivity index (χ0n) is 13.6. The summed E-state index contributed by atoms with van der Waals surface area (Å²) in [6.07, 6.45) is 3.34.